The molecule has 0 aromatic rings. The van der Waals surface area contributed by atoms with E-state index >= 15 is 0 Å². The molecule has 0 aliphatic heterocycles. The average molecular weight is 696 g/mol. The van der Waals surface area contributed by atoms with Crippen molar-refractivity contribution in [3.05, 3.63) is 24.3 Å². The van der Waals surface area contributed by atoms with Crippen LogP contribution in [-0.4, -0.2) is 108 Å². The normalized spacial score (nSPS) is 26.8. The fourth-order valence-electron chi connectivity index (χ4n) is 5.30. The molecule has 47 heavy (non-hydrogen) atoms. The number of aliphatic hydroxyl groups is 7. The number of phosphoric ester groups is 1. The zero-order valence-corrected chi connectivity index (χ0v) is 29.1. The van der Waals surface area contributed by atoms with Gasteiger partial charge in [-0.15, -0.1) is 0 Å². The predicted octanol–water partition coefficient (Wildman–Crippen LogP) is 2.91. The Morgan fingerprint density at radius 1 is 0.745 bits per heavy atom. The Morgan fingerprint density at radius 3 is 1.85 bits per heavy atom. The van der Waals surface area contributed by atoms with E-state index in [1.54, 1.807) is 6.08 Å². The van der Waals surface area contributed by atoms with Gasteiger partial charge >= 0.3 is 7.82 Å². The quantitative estimate of drug-likeness (QED) is 0.0362. The van der Waals surface area contributed by atoms with Crippen LogP contribution in [-0.2, 0) is 18.4 Å². The van der Waals surface area contributed by atoms with Crippen LogP contribution in [0.4, 0.5) is 0 Å². The zero-order chi connectivity index (χ0) is 35.2. The van der Waals surface area contributed by atoms with E-state index in [4.69, 9.17) is 9.05 Å². The molecular weight excluding hydrogens is 633 g/mol. The number of carbonyl (C=O) groups excluding carboxylic acids is 1. The fourth-order valence-corrected chi connectivity index (χ4v) is 6.27. The molecule has 0 saturated heterocycles. The molecular formula is C33H62NO12P. The first kappa shape index (κ1) is 43.8. The summed E-state index contributed by atoms with van der Waals surface area (Å²) in [5.41, 5.74) is 0. The average Bonchev–Trinajstić information content (AvgIpc) is 3.03. The molecule has 0 aromatic heterocycles. The molecule has 276 valence electrons. The Kier molecular flexibility index (Phi) is 23.2. The van der Waals surface area contributed by atoms with Crippen molar-refractivity contribution < 1.29 is 59.0 Å². The van der Waals surface area contributed by atoms with Gasteiger partial charge in [-0.2, -0.15) is 0 Å². The summed E-state index contributed by atoms with van der Waals surface area (Å²) in [6, 6.07) is -1.25. The molecule has 1 aliphatic rings. The standard InChI is InChI=1S/C33H62NO12P/c1-3-5-7-9-11-13-14-16-18-20-24(35)22-27(37)34-25(26(36)21-19-17-15-12-10-8-6-4-2)23-45-47(43,44)46-33-31(41)29(39)28(38)30(40)32(33)42/h10,12,19,21,24-26,28-33,35-36,38-42H,3-9,11,13-18,20,22-23H2,1-2H3,(H,34,37)(H,43,44)/b12-10+,21-19+. The Hall–Kier alpha value is -1.22. The van der Waals surface area contributed by atoms with Crippen LogP contribution in [0.15, 0.2) is 24.3 Å². The molecule has 1 fully saturated rings. The summed E-state index contributed by atoms with van der Waals surface area (Å²) in [5.74, 6) is -0.611. The molecule has 8 atom stereocenters. The molecule has 0 bridgehead atoms. The van der Waals surface area contributed by atoms with E-state index in [0.29, 0.717) is 12.8 Å². The number of rotatable bonds is 26. The van der Waals surface area contributed by atoms with E-state index in [-0.39, 0.29) is 6.42 Å². The second kappa shape index (κ2) is 24.8. The summed E-state index contributed by atoms with van der Waals surface area (Å²) in [6.07, 6.45) is 7.72. The molecule has 1 aliphatic carbocycles. The number of hydrogen-bond donors (Lipinski definition) is 9. The highest BCUT2D eigenvalue weighted by molar-refractivity contribution is 7.47. The number of unbranched alkanes of at least 4 members (excludes halogenated alkanes) is 11. The van der Waals surface area contributed by atoms with Gasteiger partial charge in [0.2, 0.25) is 5.91 Å². The van der Waals surface area contributed by atoms with Crippen LogP contribution in [0.5, 0.6) is 0 Å². The molecule has 0 spiro atoms. The van der Waals surface area contributed by atoms with Crippen molar-refractivity contribution in [3.63, 3.8) is 0 Å². The van der Waals surface area contributed by atoms with Gasteiger partial charge in [0.1, 0.15) is 36.6 Å². The number of aliphatic hydroxyl groups excluding tert-OH is 7. The van der Waals surface area contributed by atoms with Gasteiger partial charge in [-0.25, -0.2) is 4.57 Å². The Labute approximate surface area is 280 Å². The predicted molar refractivity (Wildman–Crippen MR) is 178 cm³/mol. The lowest BCUT2D eigenvalue weighted by Gasteiger charge is -2.41. The summed E-state index contributed by atoms with van der Waals surface area (Å²) >= 11 is 0. The van der Waals surface area contributed by atoms with Crippen molar-refractivity contribution >= 4 is 13.7 Å². The van der Waals surface area contributed by atoms with Gasteiger partial charge in [0.05, 0.1) is 31.3 Å². The smallest absolute Gasteiger partial charge is 0.393 e. The molecule has 9 N–H and O–H groups in total. The molecule has 8 unspecified atom stereocenters. The largest absolute Gasteiger partial charge is 0.472 e. The van der Waals surface area contributed by atoms with Crippen LogP contribution in [0.3, 0.4) is 0 Å². The second-order valence-electron chi connectivity index (χ2n) is 12.5. The van der Waals surface area contributed by atoms with Crippen LogP contribution in [0, 0.1) is 0 Å². The van der Waals surface area contributed by atoms with Crippen LogP contribution < -0.4 is 5.32 Å². The van der Waals surface area contributed by atoms with E-state index in [1.165, 1.54) is 38.2 Å². The highest BCUT2D eigenvalue weighted by Gasteiger charge is 2.51. The first-order chi connectivity index (χ1) is 22.3. The maximum Gasteiger partial charge on any atom is 0.472 e. The number of amides is 1. The topological polar surface area (TPSA) is 226 Å². The summed E-state index contributed by atoms with van der Waals surface area (Å²) < 4.78 is 22.6. The van der Waals surface area contributed by atoms with Crippen molar-refractivity contribution in [1.82, 2.24) is 5.32 Å². The van der Waals surface area contributed by atoms with Crippen LogP contribution in [0.2, 0.25) is 0 Å². The van der Waals surface area contributed by atoms with Gasteiger partial charge in [-0.3, -0.25) is 13.8 Å². The molecule has 1 rings (SSSR count). The summed E-state index contributed by atoms with van der Waals surface area (Å²) in [5, 5.41) is 73.5. The lowest BCUT2D eigenvalue weighted by molar-refractivity contribution is -0.220. The first-order valence-corrected chi connectivity index (χ1v) is 18.9. The highest BCUT2D eigenvalue weighted by atomic mass is 31.2. The molecule has 1 saturated carbocycles. The number of nitrogens with one attached hydrogen (secondary N) is 1. The van der Waals surface area contributed by atoms with Crippen LogP contribution >= 0.6 is 7.82 Å². The summed E-state index contributed by atoms with van der Waals surface area (Å²) in [4.78, 5) is 23.1. The number of hydrogen-bond acceptors (Lipinski definition) is 11. The van der Waals surface area contributed by atoms with Gasteiger partial charge in [0, 0.05) is 0 Å². The van der Waals surface area contributed by atoms with Crippen LogP contribution in [0.25, 0.3) is 0 Å². The molecule has 0 aromatic carbocycles. The molecule has 13 nitrogen and oxygen atoms in total. The first-order valence-electron chi connectivity index (χ1n) is 17.4. The zero-order valence-electron chi connectivity index (χ0n) is 28.2. The van der Waals surface area contributed by atoms with Gasteiger partial charge in [-0.1, -0.05) is 109 Å². The fraction of sp³-hybridized carbons (Fsp3) is 0.848. The number of phosphoric acid groups is 1. The van der Waals surface area contributed by atoms with E-state index in [9.17, 15) is 50.0 Å². The lowest BCUT2D eigenvalue weighted by Crippen LogP contribution is -2.64. The SMILES string of the molecule is CCCC/C=C/CC/C=C/C(O)C(COP(=O)(O)OC1C(O)C(O)C(O)C(O)C1O)NC(=O)CC(O)CCCCCCCCCCC. The molecule has 0 heterocycles. The minimum atomic E-state index is -5.12. The Bertz CT molecular complexity index is 921. The molecule has 14 heteroatoms. The lowest BCUT2D eigenvalue weighted by atomic mass is 9.85. The third-order valence-corrected chi connectivity index (χ3v) is 9.28. The Morgan fingerprint density at radius 2 is 1.26 bits per heavy atom. The maximum atomic E-state index is 12.8. The number of allylic oxidation sites excluding steroid dienone is 3. The van der Waals surface area contributed by atoms with E-state index < -0.39 is 75.2 Å². The van der Waals surface area contributed by atoms with E-state index in [0.717, 1.165) is 51.4 Å². The second-order valence-corrected chi connectivity index (χ2v) is 14.0. The van der Waals surface area contributed by atoms with Gasteiger partial charge < -0.3 is 46.0 Å². The monoisotopic (exact) mass is 695 g/mol. The van der Waals surface area contributed by atoms with Crippen molar-refractivity contribution in [2.45, 2.75) is 171 Å². The van der Waals surface area contributed by atoms with Crippen molar-refractivity contribution in [1.29, 1.82) is 0 Å². The molecule has 0 radical (unpaired) electrons. The molecule has 1 amide bonds. The minimum Gasteiger partial charge on any atom is -0.393 e. The summed E-state index contributed by atoms with van der Waals surface area (Å²) in [7, 11) is -5.12. The maximum absolute atomic E-state index is 12.8. The van der Waals surface area contributed by atoms with Crippen molar-refractivity contribution in [2.24, 2.45) is 0 Å². The highest BCUT2D eigenvalue weighted by Crippen LogP contribution is 2.47. The van der Waals surface area contributed by atoms with Gasteiger partial charge in [-0.05, 0) is 25.7 Å². The van der Waals surface area contributed by atoms with E-state index in [2.05, 4.69) is 25.2 Å². The summed E-state index contributed by atoms with van der Waals surface area (Å²) in [6.45, 7) is 3.55. The number of carbonyl (C=O) groups is 1. The van der Waals surface area contributed by atoms with Gasteiger partial charge in [0.15, 0.2) is 0 Å². The third kappa shape index (κ3) is 18.4. The van der Waals surface area contributed by atoms with Crippen LogP contribution in [0.1, 0.15) is 117 Å². The van der Waals surface area contributed by atoms with Crippen molar-refractivity contribution in [2.75, 3.05) is 6.61 Å². The van der Waals surface area contributed by atoms with E-state index in [1.807, 2.05) is 6.08 Å². The minimum absolute atomic E-state index is 0.252. The van der Waals surface area contributed by atoms with Gasteiger partial charge in [0.25, 0.3) is 0 Å². The third-order valence-electron chi connectivity index (χ3n) is 8.29. The Balaban J connectivity index is 2.73. The van der Waals surface area contributed by atoms with Crippen molar-refractivity contribution in [3.8, 4) is 0 Å².